The van der Waals surface area contributed by atoms with E-state index in [2.05, 4.69) is 25.7 Å². The molecular formula is C23H23ClF4N6O. The third-order valence-electron chi connectivity index (χ3n) is 6.13. The molecule has 2 amide bonds. The van der Waals surface area contributed by atoms with Crippen LogP contribution in [0.25, 0.3) is 0 Å². The van der Waals surface area contributed by atoms with Gasteiger partial charge in [-0.05, 0) is 48.7 Å². The van der Waals surface area contributed by atoms with Crippen LogP contribution >= 0.6 is 11.6 Å². The normalized spacial score (nSPS) is 16.2. The molecule has 3 aromatic rings. The standard InChI is InChI=1S/C23H23ClF4N6O/c1-34-20(30-13-31-34)11-22(19-7-6-16(24)12-29-19,33-21(35)32-18-4-2-3-5-18)14-8-15(23(26,27)28)10-17(25)9-14/h6-10,12-13,18H,2-5,11H2,1H3,(H2,32,33,35)/t22-/m0/s1. The van der Waals surface area contributed by atoms with Crippen molar-refractivity contribution in [3.8, 4) is 0 Å². The Kier molecular flexibility index (Phi) is 6.98. The van der Waals surface area contributed by atoms with Crippen molar-refractivity contribution in [3.63, 3.8) is 0 Å². The fraction of sp³-hybridized carbons (Fsp3) is 0.391. The number of benzene rings is 1. The van der Waals surface area contributed by atoms with Crippen LogP contribution < -0.4 is 10.6 Å². The Balaban J connectivity index is 1.90. The molecule has 0 aliphatic heterocycles. The van der Waals surface area contributed by atoms with Crippen molar-refractivity contribution in [3.05, 3.63) is 76.3 Å². The maximum atomic E-state index is 14.6. The van der Waals surface area contributed by atoms with E-state index in [0.29, 0.717) is 11.9 Å². The van der Waals surface area contributed by atoms with Gasteiger partial charge in [0.25, 0.3) is 0 Å². The van der Waals surface area contributed by atoms with Gasteiger partial charge in [0.15, 0.2) is 0 Å². The number of amides is 2. The number of aryl methyl sites for hydroxylation is 1. The number of aromatic nitrogens is 4. The summed E-state index contributed by atoms with van der Waals surface area (Å²) in [4.78, 5) is 21.7. The SMILES string of the molecule is Cn1ncnc1C[C@](NC(=O)NC1CCCC1)(c1cc(F)cc(C(F)(F)F)c1)c1ccc(Cl)cn1. The molecule has 1 aliphatic rings. The van der Waals surface area contributed by atoms with E-state index in [4.69, 9.17) is 11.6 Å². The van der Waals surface area contributed by atoms with Gasteiger partial charge in [-0.15, -0.1) is 0 Å². The molecule has 1 atom stereocenters. The number of hydrogen-bond donors (Lipinski definition) is 2. The summed E-state index contributed by atoms with van der Waals surface area (Å²) in [5.41, 5.74) is -2.91. The van der Waals surface area contributed by atoms with Crippen LogP contribution in [-0.2, 0) is 25.2 Å². The van der Waals surface area contributed by atoms with Gasteiger partial charge in [0.05, 0.1) is 16.3 Å². The summed E-state index contributed by atoms with van der Waals surface area (Å²) in [6.07, 6.45) is 1.13. The molecule has 186 valence electrons. The number of rotatable bonds is 6. The summed E-state index contributed by atoms with van der Waals surface area (Å²) in [5.74, 6) is -0.773. The molecule has 1 saturated carbocycles. The van der Waals surface area contributed by atoms with E-state index in [9.17, 15) is 22.4 Å². The number of carbonyl (C=O) groups is 1. The molecule has 35 heavy (non-hydrogen) atoms. The smallest absolute Gasteiger partial charge is 0.335 e. The van der Waals surface area contributed by atoms with E-state index in [1.165, 1.54) is 29.3 Å². The fourth-order valence-corrected chi connectivity index (χ4v) is 4.46. The molecule has 0 unspecified atom stereocenters. The van der Waals surface area contributed by atoms with Crippen molar-refractivity contribution < 1.29 is 22.4 Å². The van der Waals surface area contributed by atoms with Crippen LogP contribution in [0.4, 0.5) is 22.4 Å². The summed E-state index contributed by atoms with van der Waals surface area (Å²) in [6, 6.07) is 4.46. The van der Waals surface area contributed by atoms with Gasteiger partial charge in [-0.1, -0.05) is 24.4 Å². The van der Waals surface area contributed by atoms with Crippen LogP contribution in [0.1, 0.15) is 48.3 Å². The summed E-state index contributed by atoms with van der Waals surface area (Å²) in [6.45, 7) is 0. The predicted octanol–water partition coefficient (Wildman–Crippen LogP) is 4.75. The van der Waals surface area contributed by atoms with Gasteiger partial charge in [0.2, 0.25) is 0 Å². The number of alkyl halides is 3. The van der Waals surface area contributed by atoms with E-state index >= 15 is 0 Å². The molecule has 2 heterocycles. The second-order valence-electron chi connectivity index (χ2n) is 8.55. The van der Waals surface area contributed by atoms with E-state index < -0.39 is 29.1 Å². The minimum absolute atomic E-state index is 0.0704. The van der Waals surface area contributed by atoms with Gasteiger partial charge in [-0.3, -0.25) is 9.67 Å². The molecule has 1 fully saturated rings. The molecule has 1 aromatic carbocycles. The van der Waals surface area contributed by atoms with E-state index in [-0.39, 0.29) is 28.7 Å². The van der Waals surface area contributed by atoms with Crippen molar-refractivity contribution in [2.24, 2.45) is 7.05 Å². The predicted molar refractivity (Wildman–Crippen MR) is 120 cm³/mol. The topological polar surface area (TPSA) is 84.7 Å². The van der Waals surface area contributed by atoms with Crippen LogP contribution in [0, 0.1) is 5.82 Å². The minimum atomic E-state index is -4.81. The summed E-state index contributed by atoms with van der Waals surface area (Å²) >= 11 is 6.01. The molecule has 0 spiro atoms. The number of nitrogens with zero attached hydrogens (tertiary/aromatic N) is 4. The third-order valence-corrected chi connectivity index (χ3v) is 6.35. The molecule has 0 radical (unpaired) electrons. The zero-order valence-corrected chi connectivity index (χ0v) is 19.5. The highest BCUT2D eigenvalue weighted by atomic mass is 35.5. The molecular weight excluding hydrogens is 488 g/mol. The first kappa shape index (κ1) is 24.9. The highest BCUT2D eigenvalue weighted by Gasteiger charge is 2.42. The summed E-state index contributed by atoms with van der Waals surface area (Å²) in [7, 11) is 1.60. The molecule has 2 N–H and O–H groups in total. The molecule has 2 aromatic heterocycles. The van der Waals surface area contributed by atoms with Crippen molar-refractivity contribution in [2.45, 2.75) is 49.9 Å². The molecule has 4 rings (SSSR count). The Hall–Kier alpha value is -3.21. The van der Waals surface area contributed by atoms with Crippen molar-refractivity contribution in [1.82, 2.24) is 30.4 Å². The molecule has 1 aliphatic carbocycles. The maximum absolute atomic E-state index is 14.6. The zero-order chi connectivity index (χ0) is 25.2. The number of pyridine rings is 1. The maximum Gasteiger partial charge on any atom is 0.416 e. The average molecular weight is 511 g/mol. The van der Waals surface area contributed by atoms with Crippen LogP contribution in [0.3, 0.4) is 0 Å². The van der Waals surface area contributed by atoms with Crippen molar-refractivity contribution >= 4 is 17.6 Å². The first-order valence-corrected chi connectivity index (χ1v) is 11.4. The molecule has 0 bridgehead atoms. The lowest BCUT2D eigenvalue weighted by molar-refractivity contribution is -0.137. The van der Waals surface area contributed by atoms with Crippen LogP contribution in [0.5, 0.6) is 0 Å². The summed E-state index contributed by atoms with van der Waals surface area (Å²) < 4.78 is 56.9. The lowest BCUT2D eigenvalue weighted by atomic mass is 9.81. The largest absolute Gasteiger partial charge is 0.416 e. The highest BCUT2D eigenvalue weighted by molar-refractivity contribution is 6.30. The Morgan fingerprint density at radius 3 is 2.46 bits per heavy atom. The molecule has 7 nitrogen and oxygen atoms in total. The van der Waals surface area contributed by atoms with Gasteiger partial charge in [0.1, 0.15) is 23.5 Å². The Morgan fingerprint density at radius 1 is 1.14 bits per heavy atom. The van der Waals surface area contributed by atoms with Gasteiger partial charge >= 0.3 is 12.2 Å². The van der Waals surface area contributed by atoms with E-state index in [1.807, 2.05) is 0 Å². The Morgan fingerprint density at radius 2 is 1.86 bits per heavy atom. The zero-order valence-electron chi connectivity index (χ0n) is 18.7. The van der Waals surface area contributed by atoms with Crippen molar-refractivity contribution in [1.29, 1.82) is 0 Å². The molecule has 12 heteroatoms. The monoisotopic (exact) mass is 510 g/mol. The van der Waals surface area contributed by atoms with Crippen LogP contribution in [0.15, 0.2) is 42.9 Å². The van der Waals surface area contributed by atoms with E-state index in [1.54, 1.807) is 7.05 Å². The number of nitrogens with one attached hydrogen (secondary N) is 2. The van der Waals surface area contributed by atoms with Gasteiger partial charge in [-0.2, -0.15) is 18.3 Å². The van der Waals surface area contributed by atoms with Crippen LogP contribution in [-0.4, -0.2) is 31.8 Å². The number of halogens is 5. The minimum Gasteiger partial charge on any atom is -0.335 e. The first-order chi connectivity index (χ1) is 16.6. The van der Waals surface area contributed by atoms with E-state index in [0.717, 1.165) is 37.8 Å². The first-order valence-electron chi connectivity index (χ1n) is 11.0. The quantitative estimate of drug-likeness (QED) is 0.469. The highest BCUT2D eigenvalue weighted by Crippen LogP contribution is 2.37. The number of urea groups is 1. The average Bonchev–Trinajstić information content (AvgIpc) is 3.44. The summed E-state index contributed by atoms with van der Waals surface area (Å²) in [5, 5.41) is 9.99. The van der Waals surface area contributed by atoms with Gasteiger partial charge < -0.3 is 10.6 Å². The number of hydrogen-bond acceptors (Lipinski definition) is 4. The number of carbonyl (C=O) groups excluding carboxylic acids is 1. The van der Waals surface area contributed by atoms with Gasteiger partial charge in [0, 0.05) is 25.7 Å². The van der Waals surface area contributed by atoms with Crippen molar-refractivity contribution in [2.75, 3.05) is 0 Å². The second-order valence-corrected chi connectivity index (χ2v) is 8.99. The lowest BCUT2D eigenvalue weighted by Gasteiger charge is -2.35. The van der Waals surface area contributed by atoms with Gasteiger partial charge in [-0.25, -0.2) is 14.2 Å². The Labute approximate surface area is 203 Å². The fourth-order valence-electron chi connectivity index (χ4n) is 4.35. The second kappa shape index (κ2) is 9.80. The lowest BCUT2D eigenvalue weighted by Crippen LogP contribution is -2.54. The Bertz CT molecular complexity index is 1190. The van der Waals surface area contributed by atoms with Crippen LogP contribution in [0.2, 0.25) is 5.02 Å². The third kappa shape index (κ3) is 5.55. The molecule has 0 saturated heterocycles.